The van der Waals surface area contributed by atoms with Crippen LogP contribution in [-0.4, -0.2) is 16.7 Å². The summed E-state index contributed by atoms with van der Waals surface area (Å²) in [5, 5.41) is 2.76. The lowest BCUT2D eigenvalue weighted by Gasteiger charge is -2.23. The van der Waals surface area contributed by atoms with Gasteiger partial charge >= 0.3 is 0 Å². The lowest BCUT2D eigenvalue weighted by molar-refractivity contribution is 0.0730. The molecule has 5 nitrogen and oxygen atoms in total. The molecular weight excluding hydrogens is 388 g/mol. The Morgan fingerprint density at radius 2 is 1.29 bits per heavy atom. The molecule has 0 aliphatic rings. The fourth-order valence-corrected chi connectivity index (χ4v) is 3.29. The molecule has 154 valence electrons. The highest BCUT2D eigenvalue weighted by Crippen LogP contribution is 2.17. The smallest absolute Gasteiger partial charge is 0.291 e. The number of nitrogens with one attached hydrogen (secondary N) is 1. The Labute approximate surface area is 180 Å². The van der Waals surface area contributed by atoms with E-state index in [-0.39, 0.29) is 17.6 Å². The Kier molecular flexibility index (Phi) is 6.24. The third-order valence-corrected chi connectivity index (χ3v) is 4.85. The minimum Gasteiger partial charge on any atom is -0.459 e. The van der Waals surface area contributed by atoms with Crippen LogP contribution in [0.5, 0.6) is 0 Å². The SMILES string of the molecule is O=C(Nc1ccc(C(=O)N(Cc2ccccc2)Cc2ccccc2)cc1)c1ccco1. The van der Waals surface area contributed by atoms with Crippen LogP contribution in [0.25, 0.3) is 0 Å². The van der Waals surface area contributed by atoms with E-state index in [2.05, 4.69) is 5.32 Å². The van der Waals surface area contributed by atoms with Crippen LogP contribution in [0.4, 0.5) is 5.69 Å². The number of rotatable bonds is 7. The van der Waals surface area contributed by atoms with Gasteiger partial charge in [-0.2, -0.15) is 0 Å². The summed E-state index contributed by atoms with van der Waals surface area (Å²) >= 11 is 0. The number of anilines is 1. The molecule has 2 amide bonds. The van der Waals surface area contributed by atoms with E-state index in [9.17, 15) is 9.59 Å². The van der Waals surface area contributed by atoms with Crippen molar-refractivity contribution in [3.8, 4) is 0 Å². The summed E-state index contributed by atoms with van der Waals surface area (Å²) in [7, 11) is 0. The molecule has 0 saturated carbocycles. The van der Waals surface area contributed by atoms with Crippen molar-refractivity contribution in [2.75, 3.05) is 5.32 Å². The van der Waals surface area contributed by atoms with Gasteiger partial charge < -0.3 is 14.6 Å². The Morgan fingerprint density at radius 3 is 1.81 bits per heavy atom. The zero-order chi connectivity index (χ0) is 21.5. The lowest BCUT2D eigenvalue weighted by Crippen LogP contribution is -2.30. The van der Waals surface area contributed by atoms with E-state index < -0.39 is 0 Å². The van der Waals surface area contributed by atoms with Crippen molar-refractivity contribution in [3.63, 3.8) is 0 Å². The van der Waals surface area contributed by atoms with Crippen LogP contribution in [0.2, 0.25) is 0 Å². The van der Waals surface area contributed by atoms with Crippen LogP contribution in [0.3, 0.4) is 0 Å². The largest absolute Gasteiger partial charge is 0.459 e. The maximum atomic E-state index is 13.3. The Hall–Kier alpha value is -4.12. The van der Waals surface area contributed by atoms with Crippen LogP contribution in [0.1, 0.15) is 32.0 Å². The Balaban J connectivity index is 1.50. The van der Waals surface area contributed by atoms with Crippen LogP contribution < -0.4 is 5.32 Å². The van der Waals surface area contributed by atoms with Crippen LogP contribution in [0.15, 0.2) is 108 Å². The maximum Gasteiger partial charge on any atom is 0.291 e. The summed E-state index contributed by atoms with van der Waals surface area (Å²) in [6.07, 6.45) is 1.45. The zero-order valence-electron chi connectivity index (χ0n) is 16.9. The van der Waals surface area contributed by atoms with E-state index in [1.54, 1.807) is 36.4 Å². The second-order valence-electron chi connectivity index (χ2n) is 7.14. The molecule has 0 atom stereocenters. The fraction of sp³-hybridized carbons (Fsp3) is 0.0769. The molecule has 0 bridgehead atoms. The van der Waals surface area contributed by atoms with E-state index in [4.69, 9.17) is 4.42 Å². The van der Waals surface area contributed by atoms with E-state index in [0.717, 1.165) is 11.1 Å². The highest BCUT2D eigenvalue weighted by atomic mass is 16.3. The van der Waals surface area contributed by atoms with Gasteiger partial charge in [0.1, 0.15) is 0 Å². The molecule has 0 saturated heterocycles. The molecule has 0 spiro atoms. The van der Waals surface area contributed by atoms with Gasteiger partial charge in [-0.3, -0.25) is 9.59 Å². The highest BCUT2D eigenvalue weighted by Gasteiger charge is 2.17. The van der Waals surface area contributed by atoms with Crippen molar-refractivity contribution in [2.45, 2.75) is 13.1 Å². The summed E-state index contributed by atoms with van der Waals surface area (Å²) in [5.74, 6) is -0.174. The molecule has 4 rings (SSSR count). The van der Waals surface area contributed by atoms with Crippen molar-refractivity contribution in [2.24, 2.45) is 0 Å². The number of hydrogen-bond acceptors (Lipinski definition) is 3. The molecule has 1 heterocycles. The van der Waals surface area contributed by atoms with Crippen LogP contribution in [-0.2, 0) is 13.1 Å². The second-order valence-corrected chi connectivity index (χ2v) is 7.14. The Bertz CT molecular complexity index is 1080. The molecule has 31 heavy (non-hydrogen) atoms. The number of carbonyl (C=O) groups excluding carboxylic acids is 2. The summed E-state index contributed by atoms with van der Waals surface area (Å²) in [6.45, 7) is 1.01. The molecule has 0 fully saturated rings. The van der Waals surface area contributed by atoms with Gasteiger partial charge in [0.15, 0.2) is 5.76 Å². The molecule has 0 aliphatic carbocycles. The molecule has 4 aromatic rings. The number of benzene rings is 3. The van der Waals surface area contributed by atoms with Gasteiger partial charge in [-0.1, -0.05) is 60.7 Å². The van der Waals surface area contributed by atoms with Crippen molar-refractivity contribution in [1.82, 2.24) is 4.90 Å². The van der Waals surface area contributed by atoms with Crippen molar-refractivity contribution in [1.29, 1.82) is 0 Å². The van der Waals surface area contributed by atoms with Crippen molar-refractivity contribution < 1.29 is 14.0 Å². The average Bonchev–Trinajstić information content (AvgIpc) is 3.35. The number of hydrogen-bond donors (Lipinski definition) is 1. The fourth-order valence-electron chi connectivity index (χ4n) is 3.29. The summed E-state index contributed by atoms with van der Waals surface area (Å²) in [4.78, 5) is 27.2. The van der Waals surface area contributed by atoms with Gasteiger partial charge in [-0.05, 0) is 47.5 Å². The van der Waals surface area contributed by atoms with E-state index >= 15 is 0 Å². The molecule has 0 unspecified atom stereocenters. The first kappa shape index (κ1) is 20.2. The molecule has 5 heteroatoms. The molecular formula is C26H22N2O3. The highest BCUT2D eigenvalue weighted by molar-refractivity contribution is 6.02. The number of carbonyl (C=O) groups is 2. The number of nitrogens with zero attached hydrogens (tertiary/aromatic N) is 1. The van der Waals surface area contributed by atoms with Gasteiger partial charge in [-0.15, -0.1) is 0 Å². The molecule has 1 aromatic heterocycles. The number of amides is 2. The monoisotopic (exact) mass is 410 g/mol. The summed E-state index contributed by atoms with van der Waals surface area (Å²) in [5.41, 5.74) is 3.28. The topological polar surface area (TPSA) is 62.6 Å². The molecule has 0 aliphatic heterocycles. The molecule has 0 radical (unpaired) electrons. The van der Waals surface area contributed by atoms with Gasteiger partial charge in [0.25, 0.3) is 11.8 Å². The molecule has 3 aromatic carbocycles. The minimum absolute atomic E-state index is 0.0726. The van der Waals surface area contributed by atoms with Gasteiger partial charge in [0.2, 0.25) is 0 Å². The quantitative estimate of drug-likeness (QED) is 0.445. The van der Waals surface area contributed by atoms with Crippen molar-refractivity contribution in [3.05, 3.63) is 126 Å². The zero-order valence-corrected chi connectivity index (χ0v) is 16.9. The van der Waals surface area contributed by atoms with Crippen LogP contribution in [0, 0.1) is 0 Å². The summed E-state index contributed by atoms with van der Waals surface area (Å²) < 4.78 is 5.10. The number of furan rings is 1. The second kappa shape index (κ2) is 9.59. The minimum atomic E-state index is -0.334. The molecule has 1 N–H and O–H groups in total. The normalized spacial score (nSPS) is 10.5. The standard InChI is InChI=1S/C26H22N2O3/c29-25(24-12-7-17-31-24)27-23-15-13-22(14-16-23)26(30)28(18-20-8-3-1-4-9-20)19-21-10-5-2-6-11-21/h1-17H,18-19H2,(H,27,29). The van der Waals surface area contributed by atoms with Gasteiger partial charge in [0.05, 0.1) is 6.26 Å². The van der Waals surface area contributed by atoms with Crippen molar-refractivity contribution >= 4 is 17.5 Å². The average molecular weight is 410 g/mol. The lowest BCUT2D eigenvalue weighted by atomic mass is 10.1. The predicted molar refractivity (Wildman–Crippen MR) is 120 cm³/mol. The predicted octanol–water partition coefficient (Wildman–Crippen LogP) is 5.37. The van der Waals surface area contributed by atoms with Gasteiger partial charge in [-0.25, -0.2) is 0 Å². The first-order valence-electron chi connectivity index (χ1n) is 10.0. The third-order valence-electron chi connectivity index (χ3n) is 4.85. The first-order valence-corrected chi connectivity index (χ1v) is 10.0. The van der Waals surface area contributed by atoms with Crippen LogP contribution >= 0.6 is 0 Å². The third kappa shape index (κ3) is 5.28. The Morgan fingerprint density at radius 1 is 0.710 bits per heavy atom. The van der Waals surface area contributed by atoms with Gasteiger partial charge in [0, 0.05) is 24.3 Å². The summed E-state index contributed by atoms with van der Waals surface area (Å²) in [6, 6.07) is 30.0. The van der Waals surface area contributed by atoms with E-state index in [1.807, 2.05) is 65.6 Å². The maximum absolute atomic E-state index is 13.3. The first-order chi connectivity index (χ1) is 15.2. The van der Waals surface area contributed by atoms with E-state index in [0.29, 0.717) is 24.3 Å². The van der Waals surface area contributed by atoms with E-state index in [1.165, 1.54) is 6.26 Å².